The average molecular weight is 333 g/mol. The Kier molecular flexibility index (Phi) is 4.36. The van der Waals surface area contributed by atoms with E-state index < -0.39 is 0 Å². The van der Waals surface area contributed by atoms with Crippen LogP contribution in [0, 0.1) is 6.92 Å². The van der Waals surface area contributed by atoms with Crippen LogP contribution in [0.2, 0.25) is 0 Å². The summed E-state index contributed by atoms with van der Waals surface area (Å²) < 4.78 is 5.48. The summed E-state index contributed by atoms with van der Waals surface area (Å²) in [5.41, 5.74) is 5.22. The number of hydrogen-bond donors (Lipinski definition) is 0. The highest BCUT2D eigenvalue weighted by molar-refractivity contribution is 5.97. The number of likely N-dealkylation sites (tertiary alicyclic amines) is 1. The van der Waals surface area contributed by atoms with Crippen LogP contribution in [0.3, 0.4) is 0 Å². The Hall–Kier alpha value is -2.46. The van der Waals surface area contributed by atoms with E-state index in [2.05, 4.69) is 34.1 Å². The van der Waals surface area contributed by atoms with Crippen LogP contribution in [-0.2, 0) is 6.54 Å². The summed E-state index contributed by atoms with van der Waals surface area (Å²) in [4.78, 5) is 11.9. The van der Waals surface area contributed by atoms with Crippen molar-refractivity contribution in [1.82, 2.24) is 14.9 Å². The molecule has 1 saturated heterocycles. The molecule has 0 spiro atoms. The maximum atomic E-state index is 5.48. The molecule has 1 fully saturated rings. The first-order chi connectivity index (χ1) is 12.2. The molecule has 4 heteroatoms. The monoisotopic (exact) mass is 333 g/mol. The van der Waals surface area contributed by atoms with Crippen LogP contribution in [0.25, 0.3) is 22.2 Å². The predicted octanol–water partition coefficient (Wildman–Crippen LogP) is 4.21. The van der Waals surface area contributed by atoms with E-state index in [1.165, 1.54) is 31.5 Å². The zero-order valence-corrected chi connectivity index (χ0v) is 14.8. The van der Waals surface area contributed by atoms with Crippen molar-refractivity contribution in [2.75, 3.05) is 20.2 Å². The van der Waals surface area contributed by atoms with Gasteiger partial charge in [-0.25, -0.2) is 4.98 Å². The van der Waals surface area contributed by atoms with Crippen molar-refractivity contribution in [3.8, 4) is 17.0 Å². The van der Waals surface area contributed by atoms with Gasteiger partial charge in [0.2, 0.25) is 0 Å². The second kappa shape index (κ2) is 6.81. The maximum absolute atomic E-state index is 5.48. The number of hydrogen-bond acceptors (Lipinski definition) is 4. The Morgan fingerprint density at radius 2 is 1.88 bits per heavy atom. The fraction of sp³-hybridized carbons (Fsp3) is 0.333. The van der Waals surface area contributed by atoms with Gasteiger partial charge in [0.1, 0.15) is 11.3 Å². The van der Waals surface area contributed by atoms with Gasteiger partial charge in [-0.2, -0.15) is 0 Å². The smallest absolute Gasteiger partial charge is 0.145 e. The zero-order valence-electron chi connectivity index (χ0n) is 14.8. The highest BCUT2D eigenvalue weighted by atomic mass is 16.5. The number of aromatic nitrogens is 2. The van der Waals surface area contributed by atoms with Crippen molar-refractivity contribution < 1.29 is 4.74 Å². The molecule has 0 radical (unpaired) electrons. The Bertz CT molecular complexity index is 884. The van der Waals surface area contributed by atoms with Gasteiger partial charge in [-0.05, 0) is 62.7 Å². The van der Waals surface area contributed by atoms with Gasteiger partial charge in [0.15, 0.2) is 0 Å². The number of rotatable bonds is 4. The fourth-order valence-electron chi connectivity index (χ4n) is 3.55. The Morgan fingerprint density at radius 3 is 2.60 bits per heavy atom. The van der Waals surface area contributed by atoms with E-state index in [-0.39, 0.29) is 0 Å². The van der Waals surface area contributed by atoms with Crippen LogP contribution in [-0.4, -0.2) is 35.1 Å². The molecule has 3 heterocycles. The third-order valence-electron chi connectivity index (χ3n) is 4.88. The quantitative estimate of drug-likeness (QED) is 0.717. The molecule has 1 aliphatic heterocycles. The summed E-state index contributed by atoms with van der Waals surface area (Å²) in [6.45, 7) is 5.40. The predicted molar refractivity (Wildman–Crippen MR) is 101 cm³/mol. The third-order valence-corrected chi connectivity index (χ3v) is 4.88. The molecule has 0 saturated carbocycles. The van der Waals surface area contributed by atoms with E-state index in [4.69, 9.17) is 9.72 Å². The van der Waals surface area contributed by atoms with Gasteiger partial charge in [0.05, 0.1) is 12.8 Å². The number of benzene rings is 1. The standard InChI is InChI=1S/C21H23N3O/c1-15-5-7-18-17(8-10-20(25-2)21(18)23-15)19-9-6-16(13-22-19)14-24-11-3-4-12-24/h5-10,13H,3-4,11-12,14H2,1-2H3. The largest absolute Gasteiger partial charge is 0.494 e. The van der Waals surface area contributed by atoms with Crippen molar-refractivity contribution in [3.05, 3.63) is 53.9 Å². The second-order valence-corrected chi connectivity index (χ2v) is 6.70. The van der Waals surface area contributed by atoms with Crippen LogP contribution in [0.5, 0.6) is 5.75 Å². The summed E-state index contributed by atoms with van der Waals surface area (Å²) in [5, 5.41) is 1.07. The van der Waals surface area contributed by atoms with Crippen LogP contribution in [0.4, 0.5) is 0 Å². The molecule has 3 aromatic rings. The SMILES string of the molecule is COc1ccc(-c2ccc(CN3CCCC3)cn2)c2ccc(C)nc12. The molecule has 128 valence electrons. The molecule has 0 N–H and O–H groups in total. The van der Waals surface area contributed by atoms with Crippen LogP contribution in [0.15, 0.2) is 42.6 Å². The van der Waals surface area contributed by atoms with Crippen molar-refractivity contribution in [3.63, 3.8) is 0 Å². The van der Waals surface area contributed by atoms with Gasteiger partial charge in [0, 0.05) is 29.4 Å². The van der Waals surface area contributed by atoms with E-state index in [9.17, 15) is 0 Å². The van der Waals surface area contributed by atoms with E-state index in [0.29, 0.717) is 0 Å². The molecule has 0 aliphatic carbocycles. The zero-order chi connectivity index (χ0) is 17.2. The number of ether oxygens (including phenoxy) is 1. The van der Waals surface area contributed by atoms with Gasteiger partial charge < -0.3 is 4.74 Å². The van der Waals surface area contributed by atoms with Crippen LogP contribution in [0.1, 0.15) is 24.1 Å². The van der Waals surface area contributed by atoms with E-state index in [1.807, 2.05) is 25.3 Å². The lowest BCUT2D eigenvalue weighted by atomic mass is 10.0. The summed E-state index contributed by atoms with van der Waals surface area (Å²) in [6, 6.07) is 12.5. The minimum Gasteiger partial charge on any atom is -0.494 e. The molecule has 0 unspecified atom stereocenters. The first-order valence-corrected chi connectivity index (χ1v) is 8.86. The maximum Gasteiger partial charge on any atom is 0.145 e. The van der Waals surface area contributed by atoms with Gasteiger partial charge in [-0.15, -0.1) is 0 Å². The Labute approximate surface area is 148 Å². The molecular formula is C21H23N3O. The van der Waals surface area contributed by atoms with Crippen molar-refractivity contribution >= 4 is 10.9 Å². The van der Waals surface area contributed by atoms with Gasteiger partial charge in [-0.3, -0.25) is 9.88 Å². The summed E-state index contributed by atoms with van der Waals surface area (Å²) in [6.07, 6.45) is 4.64. The molecule has 1 aliphatic rings. The van der Waals surface area contributed by atoms with Crippen LogP contribution < -0.4 is 4.74 Å². The second-order valence-electron chi connectivity index (χ2n) is 6.70. The topological polar surface area (TPSA) is 38.2 Å². The average Bonchev–Trinajstić information content (AvgIpc) is 3.14. The highest BCUT2D eigenvalue weighted by Gasteiger charge is 2.13. The lowest BCUT2D eigenvalue weighted by Crippen LogP contribution is -2.18. The summed E-state index contributed by atoms with van der Waals surface area (Å²) >= 11 is 0. The molecule has 0 bridgehead atoms. The lowest BCUT2D eigenvalue weighted by molar-refractivity contribution is 0.331. The van der Waals surface area contributed by atoms with E-state index >= 15 is 0 Å². The molecule has 0 atom stereocenters. The van der Waals surface area contributed by atoms with E-state index in [1.54, 1.807) is 7.11 Å². The fourth-order valence-corrected chi connectivity index (χ4v) is 3.55. The highest BCUT2D eigenvalue weighted by Crippen LogP contribution is 2.32. The minimum absolute atomic E-state index is 0.799. The normalized spacial score (nSPS) is 15.0. The summed E-state index contributed by atoms with van der Waals surface area (Å²) in [5.74, 6) is 0.799. The molecule has 0 amide bonds. The minimum atomic E-state index is 0.799. The molecule has 1 aromatic carbocycles. The number of pyridine rings is 2. The van der Waals surface area contributed by atoms with Gasteiger partial charge in [-0.1, -0.05) is 12.1 Å². The molecule has 4 nitrogen and oxygen atoms in total. The number of aryl methyl sites for hydroxylation is 1. The number of nitrogens with zero attached hydrogens (tertiary/aromatic N) is 3. The molecular weight excluding hydrogens is 310 g/mol. The Morgan fingerprint density at radius 1 is 1.04 bits per heavy atom. The number of fused-ring (bicyclic) bond motifs is 1. The van der Waals surface area contributed by atoms with Crippen LogP contribution >= 0.6 is 0 Å². The van der Waals surface area contributed by atoms with Gasteiger partial charge >= 0.3 is 0 Å². The molecule has 4 rings (SSSR count). The first-order valence-electron chi connectivity index (χ1n) is 8.86. The third kappa shape index (κ3) is 3.22. The Balaban J connectivity index is 1.69. The lowest BCUT2D eigenvalue weighted by Gasteiger charge is -2.15. The van der Waals surface area contributed by atoms with Gasteiger partial charge in [0.25, 0.3) is 0 Å². The van der Waals surface area contributed by atoms with Crippen molar-refractivity contribution in [2.24, 2.45) is 0 Å². The number of methoxy groups -OCH3 is 1. The molecule has 2 aromatic heterocycles. The molecule has 25 heavy (non-hydrogen) atoms. The summed E-state index contributed by atoms with van der Waals surface area (Å²) in [7, 11) is 1.68. The van der Waals surface area contributed by atoms with E-state index in [0.717, 1.165) is 40.1 Å². The van der Waals surface area contributed by atoms with Crippen molar-refractivity contribution in [1.29, 1.82) is 0 Å². The van der Waals surface area contributed by atoms with Crippen molar-refractivity contribution in [2.45, 2.75) is 26.3 Å². The first kappa shape index (κ1) is 16.0.